The van der Waals surface area contributed by atoms with Gasteiger partial charge in [0.2, 0.25) is 0 Å². The van der Waals surface area contributed by atoms with E-state index >= 15 is 0 Å². The molecule has 0 radical (unpaired) electrons. The first-order valence-corrected chi connectivity index (χ1v) is 6.51. The molecule has 5 nitrogen and oxygen atoms in total. The van der Waals surface area contributed by atoms with Crippen molar-refractivity contribution in [1.29, 1.82) is 0 Å². The van der Waals surface area contributed by atoms with Crippen LogP contribution in [0, 0.1) is 0 Å². The SMILES string of the molecule is O=C(O)c1ccnc(NCCSCCCO)c1. The molecule has 0 unspecified atom stereocenters. The lowest BCUT2D eigenvalue weighted by atomic mass is 10.2. The maximum Gasteiger partial charge on any atom is 0.335 e. The van der Waals surface area contributed by atoms with Gasteiger partial charge in [-0.05, 0) is 24.3 Å². The molecule has 1 aromatic heterocycles. The van der Waals surface area contributed by atoms with E-state index in [9.17, 15) is 4.79 Å². The highest BCUT2D eigenvalue weighted by Crippen LogP contribution is 2.07. The molecule has 0 aliphatic heterocycles. The number of nitrogens with zero attached hydrogens (tertiary/aromatic N) is 1. The highest BCUT2D eigenvalue weighted by atomic mass is 32.2. The van der Waals surface area contributed by atoms with Gasteiger partial charge in [-0.25, -0.2) is 9.78 Å². The Morgan fingerprint density at radius 2 is 2.29 bits per heavy atom. The summed E-state index contributed by atoms with van der Waals surface area (Å²) in [6, 6.07) is 2.98. The highest BCUT2D eigenvalue weighted by molar-refractivity contribution is 7.99. The molecule has 17 heavy (non-hydrogen) atoms. The van der Waals surface area contributed by atoms with Crippen LogP contribution in [0.2, 0.25) is 0 Å². The molecule has 0 atom stereocenters. The molecule has 0 spiro atoms. The summed E-state index contributed by atoms with van der Waals surface area (Å²) in [5.41, 5.74) is 0.232. The Labute approximate surface area is 104 Å². The molecule has 1 rings (SSSR count). The zero-order chi connectivity index (χ0) is 12.5. The second-order valence-corrected chi connectivity index (χ2v) is 4.58. The lowest BCUT2D eigenvalue weighted by Gasteiger charge is -2.05. The first-order valence-electron chi connectivity index (χ1n) is 5.36. The van der Waals surface area contributed by atoms with E-state index in [0.29, 0.717) is 5.82 Å². The van der Waals surface area contributed by atoms with Gasteiger partial charge < -0.3 is 15.5 Å². The van der Waals surface area contributed by atoms with Gasteiger partial charge in [0, 0.05) is 25.1 Å². The molecule has 0 aromatic carbocycles. The molecule has 1 aromatic rings. The average molecular weight is 256 g/mol. The topological polar surface area (TPSA) is 82.5 Å². The van der Waals surface area contributed by atoms with Crippen LogP contribution in [0.4, 0.5) is 5.82 Å². The van der Waals surface area contributed by atoms with Gasteiger partial charge in [-0.2, -0.15) is 11.8 Å². The zero-order valence-corrected chi connectivity index (χ0v) is 10.2. The zero-order valence-electron chi connectivity index (χ0n) is 9.43. The van der Waals surface area contributed by atoms with Crippen LogP contribution in [0.25, 0.3) is 0 Å². The molecule has 3 N–H and O–H groups in total. The van der Waals surface area contributed by atoms with E-state index in [1.165, 1.54) is 18.3 Å². The van der Waals surface area contributed by atoms with Gasteiger partial charge in [-0.1, -0.05) is 0 Å². The maximum atomic E-state index is 10.7. The van der Waals surface area contributed by atoms with Crippen molar-refractivity contribution in [2.24, 2.45) is 0 Å². The summed E-state index contributed by atoms with van der Waals surface area (Å²) >= 11 is 1.74. The van der Waals surface area contributed by atoms with Crippen molar-refractivity contribution in [2.75, 3.05) is 30.0 Å². The summed E-state index contributed by atoms with van der Waals surface area (Å²) in [5.74, 6) is 1.46. The van der Waals surface area contributed by atoms with E-state index in [1.54, 1.807) is 11.8 Å². The molecule has 0 aliphatic carbocycles. The van der Waals surface area contributed by atoms with E-state index in [-0.39, 0.29) is 12.2 Å². The smallest absolute Gasteiger partial charge is 0.335 e. The number of hydrogen-bond acceptors (Lipinski definition) is 5. The minimum Gasteiger partial charge on any atom is -0.478 e. The fourth-order valence-corrected chi connectivity index (χ4v) is 1.96. The van der Waals surface area contributed by atoms with Gasteiger partial charge >= 0.3 is 5.97 Å². The Morgan fingerprint density at radius 3 is 3.00 bits per heavy atom. The number of aliphatic hydroxyl groups is 1. The minimum absolute atomic E-state index is 0.225. The molecule has 0 aliphatic rings. The third kappa shape index (κ3) is 5.55. The number of anilines is 1. The second kappa shape index (κ2) is 7.92. The molecule has 0 bridgehead atoms. The fraction of sp³-hybridized carbons (Fsp3) is 0.455. The molecule has 0 saturated heterocycles. The number of pyridine rings is 1. The van der Waals surface area contributed by atoms with Crippen LogP contribution in [-0.2, 0) is 0 Å². The van der Waals surface area contributed by atoms with Crippen molar-refractivity contribution >= 4 is 23.5 Å². The van der Waals surface area contributed by atoms with Crippen LogP contribution in [0.1, 0.15) is 16.8 Å². The van der Waals surface area contributed by atoms with Crippen molar-refractivity contribution in [2.45, 2.75) is 6.42 Å². The molecular formula is C11H16N2O3S. The Hall–Kier alpha value is -1.27. The third-order valence-electron chi connectivity index (χ3n) is 2.01. The Balaban J connectivity index is 2.27. The van der Waals surface area contributed by atoms with Crippen LogP contribution >= 0.6 is 11.8 Å². The van der Waals surface area contributed by atoms with E-state index in [2.05, 4.69) is 10.3 Å². The summed E-state index contributed by atoms with van der Waals surface area (Å²) in [6.07, 6.45) is 2.28. The lowest BCUT2D eigenvalue weighted by Crippen LogP contribution is -2.07. The number of rotatable bonds is 8. The second-order valence-electron chi connectivity index (χ2n) is 3.35. The van der Waals surface area contributed by atoms with Gasteiger partial charge in [0.1, 0.15) is 5.82 Å². The number of carboxylic acid groups (broad SMARTS) is 1. The molecule has 94 valence electrons. The number of nitrogens with one attached hydrogen (secondary N) is 1. The third-order valence-corrected chi connectivity index (χ3v) is 3.08. The van der Waals surface area contributed by atoms with E-state index in [0.717, 1.165) is 24.5 Å². The Bertz CT molecular complexity index is 360. The maximum absolute atomic E-state index is 10.7. The van der Waals surface area contributed by atoms with Gasteiger partial charge in [-0.3, -0.25) is 0 Å². The van der Waals surface area contributed by atoms with Crippen molar-refractivity contribution in [3.63, 3.8) is 0 Å². The van der Waals surface area contributed by atoms with Crippen LogP contribution in [-0.4, -0.2) is 45.8 Å². The van der Waals surface area contributed by atoms with E-state index < -0.39 is 5.97 Å². The van der Waals surface area contributed by atoms with Gasteiger partial charge in [0.05, 0.1) is 5.56 Å². The molecule has 0 fully saturated rings. The summed E-state index contributed by atoms with van der Waals surface area (Å²) in [5, 5.41) is 20.4. The number of hydrogen-bond donors (Lipinski definition) is 3. The predicted octanol–water partition coefficient (Wildman–Crippen LogP) is 1.31. The molecule has 0 amide bonds. The van der Waals surface area contributed by atoms with Crippen LogP contribution in [0.5, 0.6) is 0 Å². The monoisotopic (exact) mass is 256 g/mol. The average Bonchev–Trinajstić information content (AvgIpc) is 2.34. The summed E-state index contributed by atoms with van der Waals surface area (Å²) in [4.78, 5) is 14.8. The number of carboxylic acids is 1. The lowest BCUT2D eigenvalue weighted by molar-refractivity contribution is 0.0697. The molecule has 0 saturated carbocycles. The first kappa shape index (κ1) is 13.8. The van der Waals surface area contributed by atoms with Gasteiger partial charge in [0.15, 0.2) is 0 Å². The number of aromatic carboxylic acids is 1. The largest absolute Gasteiger partial charge is 0.478 e. The standard InChI is InChI=1S/C11H16N2O3S/c14-5-1-6-17-7-4-13-10-8-9(11(15)16)2-3-12-10/h2-3,8,14H,1,4-7H2,(H,12,13)(H,15,16). The minimum atomic E-state index is -0.951. The van der Waals surface area contributed by atoms with Gasteiger partial charge in [0.25, 0.3) is 0 Å². The predicted molar refractivity (Wildman–Crippen MR) is 68.7 cm³/mol. The van der Waals surface area contributed by atoms with Crippen molar-refractivity contribution in [3.8, 4) is 0 Å². The summed E-state index contributed by atoms with van der Waals surface area (Å²) < 4.78 is 0. The van der Waals surface area contributed by atoms with Crippen LogP contribution in [0.15, 0.2) is 18.3 Å². The number of aromatic nitrogens is 1. The Morgan fingerprint density at radius 1 is 1.47 bits per heavy atom. The Kier molecular flexibility index (Phi) is 6.42. The molecule has 6 heteroatoms. The fourth-order valence-electron chi connectivity index (χ4n) is 1.18. The van der Waals surface area contributed by atoms with Crippen molar-refractivity contribution in [1.82, 2.24) is 4.98 Å². The van der Waals surface area contributed by atoms with Gasteiger partial charge in [-0.15, -0.1) is 0 Å². The summed E-state index contributed by atoms with van der Waals surface area (Å²) in [7, 11) is 0. The molecular weight excluding hydrogens is 240 g/mol. The van der Waals surface area contributed by atoms with Crippen LogP contribution in [0.3, 0.4) is 0 Å². The first-order chi connectivity index (χ1) is 8.24. The number of aliphatic hydroxyl groups excluding tert-OH is 1. The van der Waals surface area contributed by atoms with Crippen LogP contribution < -0.4 is 5.32 Å². The number of carbonyl (C=O) groups is 1. The van der Waals surface area contributed by atoms with Crippen molar-refractivity contribution in [3.05, 3.63) is 23.9 Å². The van der Waals surface area contributed by atoms with E-state index in [1.807, 2.05) is 0 Å². The quantitative estimate of drug-likeness (QED) is 0.608. The van der Waals surface area contributed by atoms with Crippen molar-refractivity contribution < 1.29 is 15.0 Å². The molecule has 1 heterocycles. The summed E-state index contributed by atoms with van der Waals surface area (Å²) in [6.45, 7) is 0.953. The normalized spacial score (nSPS) is 10.2. The highest BCUT2D eigenvalue weighted by Gasteiger charge is 2.03. The number of thioether (sulfide) groups is 1. The van der Waals surface area contributed by atoms with E-state index in [4.69, 9.17) is 10.2 Å².